The lowest BCUT2D eigenvalue weighted by atomic mass is 9.80. The summed E-state index contributed by atoms with van der Waals surface area (Å²) in [5.74, 6) is 0.718. The number of aliphatic imine (C=N–C) groups is 1. The van der Waals surface area contributed by atoms with Gasteiger partial charge in [-0.15, -0.1) is 0 Å². The number of hydrogen-bond donors (Lipinski definition) is 0. The van der Waals surface area contributed by atoms with Crippen molar-refractivity contribution in [1.82, 2.24) is 0 Å². The Kier molecular flexibility index (Phi) is 8.64. The van der Waals surface area contributed by atoms with Crippen molar-refractivity contribution in [1.29, 1.82) is 0 Å². The van der Waals surface area contributed by atoms with Gasteiger partial charge in [0.1, 0.15) is 0 Å². The second-order valence-electron chi connectivity index (χ2n) is 6.45. The smallest absolute Gasteiger partial charge is 0.0558 e. The Hall–Kier alpha value is -0.850. The van der Waals surface area contributed by atoms with Crippen LogP contribution in [-0.2, 0) is 0 Å². The highest BCUT2D eigenvalue weighted by Gasteiger charge is 2.24. The average Bonchev–Trinajstić information content (AvgIpc) is 2.51. The Morgan fingerprint density at radius 1 is 0.952 bits per heavy atom. The van der Waals surface area contributed by atoms with Crippen molar-refractivity contribution < 1.29 is 0 Å². The van der Waals surface area contributed by atoms with Crippen molar-refractivity contribution in [3.8, 4) is 0 Å². The van der Waals surface area contributed by atoms with Gasteiger partial charge >= 0.3 is 0 Å². The second kappa shape index (κ2) is 9.97. The molecule has 0 fully saturated rings. The van der Waals surface area contributed by atoms with E-state index in [1.54, 1.807) is 0 Å². The highest BCUT2D eigenvalue weighted by atomic mass is 14.8. The Bertz CT molecular complexity index is 343. The van der Waals surface area contributed by atoms with Crippen LogP contribution in [0.1, 0.15) is 79.1 Å². The molecule has 0 spiro atoms. The van der Waals surface area contributed by atoms with Gasteiger partial charge in [-0.3, -0.25) is 4.99 Å². The molecule has 0 bridgehead atoms. The molecule has 1 aliphatic rings. The van der Waals surface area contributed by atoms with Gasteiger partial charge in [0.25, 0.3) is 0 Å². The first-order valence-corrected chi connectivity index (χ1v) is 9.05. The summed E-state index contributed by atoms with van der Waals surface area (Å²) in [7, 11) is 0. The maximum atomic E-state index is 5.08. The second-order valence-corrected chi connectivity index (χ2v) is 6.45. The van der Waals surface area contributed by atoms with Gasteiger partial charge in [0.15, 0.2) is 0 Å². The van der Waals surface area contributed by atoms with Crippen LogP contribution in [0, 0.1) is 11.3 Å². The SMILES string of the molecule is CCC(CC)C1C/C=C/CC/C=C/CC(CC)(CC)/C=N/1. The van der Waals surface area contributed by atoms with Crippen LogP contribution in [0.3, 0.4) is 0 Å². The van der Waals surface area contributed by atoms with Crippen LogP contribution in [0.15, 0.2) is 29.3 Å². The first kappa shape index (κ1) is 18.2. The zero-order chi connectivity index (χ0) is 15.6. The largest absolute Gasteiger partial charge is 0.293 e. The molecule has 0 saturated heterocycles. The maximum absolute atomic E-state index is 5.08. The molecule has 1 aliphatic heterocycles. The van der Waals surface area contributed by atoms with E-state index in [4.69, 9.17) is 4.99 Å². The Labute approximate surface area is 132 Å². The molecule has 0 aromatic heterocycles. The molecule has 1 heterocycles. The minimum absolute atomic E-state index is 0.268. The molecule has 0 aromatic carbocycles. The van der Waals surface area contributed by atoms with E-state index < -0.39 is 0 Å². The lowest BCUT2D eigenvalue weighted by Gasteiger charge is -2.28. The van der Waals surface area contributed by atoms with E-state index in [2.05, 4.69) is 58.2 Å². The molecule has 0 N–H and O–H groups in total. The normalized spacial score (nSPS) is 27.6. The highest BCUT2D eigenvalue weighted by Crippen LogP contribution is 2.30. The van der Waals surface area contributed by atoms with Crippen molar-refractivity contribution in [2.45, 2.75) is 85.1 Å². The number of nitrogens with zero attached hydrogens (tertiary/aromatic N) is 1. The lowest BCUT2D eigenvalue weighted by Crippen LogP contribution is -2.24. The summed E-state index contributed by atoms with van der Waals surface area (Å²) in [5, 5.41) is 0. The fourth-order valence-electron chi connectivity index (χ4n) is 3.22. The van der Waals surface area contributed by atoms with Crippen molar-refractivity contribution in [2.75, 3.05) is 0 Å². The average molecular weight is 290 g/mol. The van der Waals surface area contributed by atoms with Crippen LogP contribution in [-0.4, -0.2) is 12.3 Å². The molecular formula is C20H35N. The summed E-state index contributed by atoms with van der Waals surface area (Å²) in [6.07, 6.45) is 21.2. The molecule has 21 heavy (non-hydrogen) atoms. The summed E-state index contributed by atoms with van der Waals surface area (Å²) >= 11 is 0. The predicted molar refractivity (Wildman–Crippen MR) is 96.1 cm³/mol. The third kappa shape index (κ3) is 5.80. The van der Waals surface area contributed by atoms with Crippen molar-refractivity contribution >= 4 is 6.21 Å². The maximum Gasteiger partial charge on any atom is 0.0558 e. The molecule has 120 valence electrons. The molecule has 1 nitrogen and oxygen atoms in total. The van der Waals surface area contributed by atoms with Crippen molar-refractivity contribution in [3.05, 3.63) is 24.3 Å². The first-order valence-electron chi connectivity index (χ1n) is 9.05. The third-order valence-electron chi connectivity index (χ3n) is 5.28. The molecule has 0 aromatic rings. The summed E-state index contributed by atoms with van der Waals surface area (Å²) in [6, 6.07) is 0.470. The summed E-state index contributed by atoms with van der Waals surface area (Å²) < 4.78 is 0. The zero-order valence-electron chi connectivity index (χ0n) is 14.6. The lowest BCUT2D eigenvalue weighted by molar-refractivity contribution is 0.378. The highest BCUT2D eigenvalue weighted by molar-refractivity contribution is 5.66. The van der Waals surface area contributed by atoms with Gasteiger partial charge in [0.2, 0.25) is 0 Å². The minimum Gasteiger partial charge on any atom is -0.293 e. The summed E-state index contributed by atoms with van der Waals surface area (Å²) in [6.45, 7) is 9.22. The first-order chi connectivity index (χ1) is 10.2. The fraction of sp³-hybridized carbons (Fsp3) is 0.750. The van der Waals surface area contributed by atoms with Gasteiger partial charge < -0.3 is 0 Å². The van der Waals surface area contributed by atoms with Crippen LogP contribution in [0.2, 0.25) is 0 Å². The van der Waals surface area contributed by atoms with Gasteiger partial charge in [-0.2, -0.15) is 0 Å². The number of hydrogen-bond acceptors (Lipinski definition) is 1. The fourth-order valence-corrected chi connectivity index (χ4v) is 3.22. The number of allylic oxidation sites excluding steroid dienone is 3. The predicted octanol–water partition coefficient (Wildman–Crippen LogP) is 6.35. The van der Waals surface area contributed by atoms with E-state index in [9.17, 15) is 0 Å². The number of rotatable bonds is 5. The molecule has 1 heteroatoms. The molecule has 1 unspecified atom stereocenters. The Morgan fingerprint density at radius 3 is 2.14 bits per heavy atom. The van der Waals surface area contributed by atoms with Gasteiger partial charge in [-0.1, -0.05) is 64.8 Å². The van der Waals surface area contributed by atoms with Gasteiger partial charge in [-0.25, -0.2) is 0 Å². The minimum atomic E-state index is 0.268. The topological polar surface area (TPSA) is 12.4 Å². The van der Waals surface area contributed by atoms with E-state index in [1.807, 2.05) is 0 Å². The Morgan fingerprint density at radius 2 is 1.57 bits per heavy atom. The molecule has 0 amide bonds. The van der Waals surface area contributed by atoms with Crippen LogP contribution in [0.4, 0.5) is 0 Å². The van der Waals surface area contributed by atoms with Crippen LogP contribution in [0.5, 0.6) is 0 Å². The summed E-state index contributed by atoms with van der Waals surface area (Å²) in [4.78, 5) is 5.08. The van der Waals surface area contributed by atoms with Gasteiger partial charge in [0, 0.05) is 11.6 Å². The summed E-state index contributed by atoms with van der Waals surface area (Å²) in [5.41, 5.74) is 0.268. The van der Waals surface area contributed by atoms with Crippen LogP contribution >= 0.6 is 0 Å². The van der Waals surface area contributed by atoms with E-state index in [1.165, 1.54) is 38.5 Å². The molecule has 0 radical (unpaired) electrons. The van der Waals surface area contributed by atoms with Gasteiger partial charge in [-0.05, 0) is 44.4 Å². The van der Waals surface area contributed by atoms with Crippen molar-refractivity contribution in [3.63, 3.8) is 0 Å². The van der Waals surface area contributed by atoms with E-state index in [0.29, 0.717) is 6.04 Å². The monoisotopic (exact) mass is 289 g/mol. The van der Waals surface area contributed by atoms with Crippen LogP contribution < -0.4 is 0 Å². The van der Waals surface area contributed by atoms with Crippen LogP contribution in [0.25, 0.3) is 0 Å². The third-order valence-corrected chi connectivity index (χ3v) is 5.28. The molecule has 1 atom stereocenters. The van der Waals surface area contributed by atoms with E-state index in [-0.39, 0.29) is 5.41 Å². The van der Waals surface area contributed by atoms with Crippen molar-refractivity contribution in [2.24, 2.45) is 16.3 Å². The molecular weight excluding hydrogens is 254 g/mol. The van der Waals surface area contributed by atoms with Gasteiger partial charge in [0.05, 0.1) is 6.04 Å². The van der Waals surface area contributed by atoms with E-state index >= 15 is 0 Å². The quantitative estimate of drug-likeness (QED) is 0.522. The Balaban J connectivity index is 2.99. The molecule has 0 saturated carbocycles. The standard InChI is InChI=1S/C20H35N/c1-5-18(6-2)19-15-13-11-9-10-12-14-16-20(7-3,8-4)17-21-19/h11-14,17-19H,5-10,15-16H2,1-4H3/b13-11+,14-12+,21-17+. The van der Waals surface area contributed by atoms with E-state index in [0.717, 1.165) is 18.8 Å². The zero-order valence-corrected chi connectivity index (χ0v) is 14.6. The molecule has 0 aliphatic carbocycles. The molecule has 1 rings (SSSR count).